The van der Waals surface area contributed by atoms with Crippen molar-refractivity contribution in [2.75, 3.05) is 19.8 Å². The van der Waals surface area contributed by atoms with Crippen LogP contribution in [0.25, 0.3) is 0 Å². The second kappa shape index (κ2) is 12.9. The Bertz CT molecular complexity index is 1100. The number of likely N-dealkylation sites (tertiary alicyclic amines) is 1. The Hall–Kier alpha value is -2.58. The van der Waals surface area contributed by atoms with Gasteiger partial charge >= 0.3 is 5.97 Å². The largest absolute Gasteiger partial charge is 0.465 e. The first kappa shape index (κ1) is 30.4. The molecule has 4 rings (SSSR count). The Labute approximate surface area is 243 Å². The molecule has 1 aromatic rings. The van der Waals surface area contributed by atoms with Gasteiger partial charge in [-0.25, -0.2) is 0 Å². The number of fused-ring (bicyclic) bond motifs is 1. The summed E-state index contributed by atoms with van der Waals surface area (Å²) in [4.78, 5) is 46.3. The van der Waals surface area contributed by atoms with E-state index in [0.717, 1.165) is 31.2 Å². The van der Waals surface area contributed by atoms with Gasteiger partial charge in [0.2, 0.25) is 11.8 Å². The lowest BCUT2D eigenvalue weighted by Crippen LogP contribution is -2.59. The number of esters is 1. The molecule has 3 aliphatic heterocycles. The van der Waals surface area contributed by atoms with Gasteiger partial charge in [-0.05, 0) is 44.1 Å². The fraction of sp³-hybridized carbons (Fsp3) is 0.594. The zero-order valence-corrected chi connectivity index (χ0v) is 24.9. The summed E-state index contributed by atoms with van der Waals surface area (Å²) in [6.07, 6.45) is 7.42. The number of ether oxygens (including phenoxy) is 1. The number of carbonyl (C=O) groups is 3. The number of unbranched alkanes of at least 4 members (excludes halogenated alkanes) is 1. The quantitative estimate of drug-likeness (QED) is 0.198. The summed E-state index contributed by atoms with van der Waals surface area (Å²) in [7, 11) is 0. The van der Waals surface area contributed by atoms with Crippen molar-refractivity contribution in [3.05, 3.63) is 61.2 Å². The Balaban J connectivity index is 1.80. The van der Waals surface area contributed by atoms with E-state index < -0.39 is 28.7 Å². The minimum absolute atomic E-state index is 0.0300. The molecule has 4 unspecified atom stereocenters. The zero-order valence-electron chi connectivity index (χ0n) is 24.0. The molecule has 3 fully saturated rings. The molecule has 40 heavy (non-hydrogen) atoms. The SMILES string of the molecule is C=CCCCOC(=O)[C@@H]1[C@@H]2CC(C)C3(S2)C(C(=O)N(CC=C)C(C)CCC)N([C@H](CO)c2ccccc2)C(=O)[C@H]13. The van der Waals surface area contributed by atoms with Gasteiger partial charge in [0, 0.05) is 17.8 Å². The highest BCUT2D eigenvalue weighted by atomic mass is 32.2. The summed E-state index contributed by atoms with van der Waals surface area (Å²) < 4.78 is 4.92. The van der Waals surface area contributed by atoms with E-state index in [9.17, 15) is 19.5 Å². The highest BCUT2D eigenvalue weighted by Gasteiger charge is 2.77. The van der Waals surface area contributed by atoms with Gasteiger partial charge in [0.05, 0.1) is 35.8 Å². The van der Waals surface area contributed by atoms with Crippen LogP contribution in [0.2, 0.25) is 0 Å². The molecule has 218 valence electrons. The van der Waals surface area contributed by atoms with Crippen molar-refractivity contribution < 1.29 is 24.2 Å². The highest BCUT2D eigenvalue weighted by Crippen LogP contribution is 2.69. The van der Waals surface area contributed by atoms with Gasteiger partial charge in [-0.2, -0.15) is 0 Å². The summed E-state index contributed by atoms with van der Waals surface area (Å²) in [5.41, 5.74) is 0.764. The molecule has 8 atom stereocenters. The minimum atomic E-state index is -0.815. The van der Waals surface area contributed by atoms with Gasteiger partial charge in [-0.15, -0.1) is 24.9 Å². The van der Waals surface area contributed by atoms with E-state index in [1.165, 1.54) is 0 Å². The number of hydrogen-bond donors (Lipinski definition) is 1. The number of benzene rings is 1. The summed E-state index contributed by atoms with van der Waals surface area (Å²) >= 11 is 1.63. The van der Waals surface area contributed by atoms with Crippen LogP contribution in [-0.2, 0) is 19.1 Å². The molecule has 3 saturated heterocycles. The Kier molecular flexibility index (Phi) is 9.83. The molecular formula is C32H44N2O5S. The van der Waals surface area contributed by atoms with Crippen LogP contribution in [0.15, 0.2) is 55.6 Å². The van der Waals surface area contributed by atoms with E-state index in [-0.39, 0.29) is 48.2 Å². The van der Waals surface area contributed by atoms with Crippen LogP contribution in [0.3, 0.4) is 0 Å². The van der Waals surface area contributed by atoms with Crippen molar-refractivity contribution in [3.63, 3.8) is 0 Å². The Morgan fingerprint density at radius 1 is 1.27 bits per heavy atom. The Morgan fingerprint density at radius 3 is 2.62 bits per heavy atom. The van der Waals surface area contributed by atoms with Crippen LogP contribution >= 0.6 is 11.8 Å². The van der Waals surface area contributed by atoms with Crippen molar-refractivity contribution in [1.82, 2.24) is 9.80 Å². The average molecular weight is 569 g/mol. The molecule has 0 radical (unpaired) electrons. The molecule has 0 aromatic heterocycles. The molecule has 2 bridgehead atoms. The molecule has 1 aromatic carbocycles. The third-order valence-corrected chi connectivity index (χ3v) is 11.1. The number of aliphatic hydroxyl groups excluding tert-OH is 1. The van der Waals surface area contributed by atoms with E-state index in [1.807, 2.05) is 42.2 Å². The van der Waals surface area contributed by atoms with Gasteiger partial charge in [-0.1, -0.05) is 62.8 Å². The molecule has 7 nitrogen and oxygen atoms in total. The van der Waals surface area contributed by atoms with E-state index >= 15 is 0 Å². The number of amides is 2. The van der Waals surface area contributed by atoms with Crippen LogP contribution in [-0.4, -0.2) is 74.5 Å². The second-order valence-electron chi connectivity index (χ2n) is 11.4. The van der Waals surface area contributed by atoms with Gasteiger partial charge < -0.3 is 19.6 Å². The van der Waals surface area contributed by atoms with Crippen molar-refractivity contribution >= 4 is 29.5 Å². The number of thioether (sulfide) groups is 1. The monoisotopic (exact) mass is 568 g/mol. The minimum Gasteiger partial charge on any atom is -0.465 e. The van der Waals surface area contributed by atoms with Gasteiger partial charge in [-0.3, -0.25) is 14.4 Å². The van der Waals surface area contributed by atoms with Gasteiger partial charge in [0.1, 0.15) is 6.04 Å². The number of aliphatic hydroxyl groups is 1. The van der Waals surface area contributed by atoms with E-state index in [2.05, 4.69) is 27.0 Å². The molecule has 3 heterocycles. The lowest BCUT2D eigenvalue weighted by Gasteiger charge is -2.43. The molecule has 1 N–H and O–H groups in total. The first-order chi connectivity index (χ1) is 19.3. The van der Waals surface area contributed by atoms with Crippen LogP contribution < -0.4 is 0 Å². The van der Waals surface area contributed by atoms with Gasteiger partial charge in [0.25, 0.3) is 0 Å². The number of nitrogens with zero attached hydrogens (tertiary/aromatic N) is 2. The lowest BCUT2D eigenvalue weighted by atomic mass is 9.66. The molecule has 8 heteroatoms. The van der Waals surface area contributed by atoms with E-state index in [1.54, 1.807) is 28.8 Å². The maximum Gasteiger partial charge on any atom is 0.310 e. The predicted octanol–water partition coefficient (Wildman–Crippen LogP) is 4.77. The van der Waals surface area contributed by atoms with E-state index in [4.69, 9.17) is 4.74 Å². The fourth-order valence-electron chi connectivity index (χ4n) is 7.23. The predicted molar refractivity (Wildman–Crippen MR) is 158 cm³/mol. The third-order valence-electron chi connectivity index (χ3n) is 9.03. The number of allylic oxidation sites excluding steroid dienone is 1. The molecular weight excluding hydrogens is 524 g/mol. The van der Waals surface area contributed by atoms with Crippen molar-refractivity contribution in [2.45, 2.75) is 81.0 Å². The normalized spacial score (nSPS) is 30.1. The van der Waals surface area contributed by atoms with Crippen LogP contribution in [0, 0.1) is 17.8 Å². The van der Waals surface area contributed by atoms with Crippen molar-refractivity contribution in [3.8, 4) is 0 Å². The molecule has 2 amide bonds. The lowest BCUT2D eigenvalue weighted by molar-refractivity contribution is -0.155. The Morgan fingerprint density at radius 2 is 2.00 bits per heavy atom. The van der Waals surface area contributed by atoms with E-state index in [0.29, 0.717) is 13.0 Å². The van der Waals surface area contributed by atoms with Crippen molar-refractivity contribution in [2.24, 2.45) is 17.8 Å². The average Bonchev–Trinajstić information content (AvgIpc) is 3.54. The van der Waals surface area contributed by atoms with Crippen LogP contribution in [0.1, 0.15) is 64.5 Å². The second-order valence-corrected chi connectivity index (χ2v) is 13.0. The number of carbonyl (C=O) groups excluding carboxylic acids is 3. The molecule has 0 aliphatic carbocycles. The van der Waals surface area contributed by atoms with Crippen LogP contribution in [0.4, 0.5) is 0 Å². The molecule has 3 aliphatic rings. The summed E-state index contributed by atoms with van der Waals surface area (Å²) in [6, 6.07) is 7.82. The zero-order chi connectivity index (χ0) is 29.0. The summed E-state index contributed by atoms with van der Waals surface area (Å²) in [5.74, 6) is -2.00. The first-order valence-corrected chi connectivity index (χ1v) is 15.5. The smallest absolute Gasteiger partial charge is 0.310 e. The maximum atomic E-state index is 14.7. The molecule has 1 spiro atoms. The van der Waals surface area contributed by atoms with Crippen LogP contribution in [0.5, 0.6) is 0 Å². The van der Waals surface area contributed by atoms with Crippen molar-refractivity contribution in [1.29, 1.82) is 0 Å². The number of hydrogen-bond acceptors (Lipinski definition) is 6. The topological polar surface area (TPSA) is 87.2 Å². The summed E-state index contributed by atoms with van der Waals surface area (Å²) in [5, 5.41) is 10.6. The standard InChI is InChI=1S/C32H44N2O5S/c1-6-9-13-18-39-31(38)26-25-19-21(4)32(40-25)27(26)29(36)34(24(20-35)23-15-11-10-12-16-23)28(32)30(37)33(17-8-3)22(5)14-7-2/h6,8,10-12,15-16,21-22,24-28,35H,1,3,7,9,13-14,17-20H2,2,4-5H3/t21?,22?,24-,25+,26-,27+,28?,32?/m1/s1. The number of rotatable bonds is 14. The molecule has 0 saturated carbocycles. The highest BCUT2D eigenvalue weighted by molar-refractivity contribution is 8.02. The summed E-state index contributed by atoms with van der Waals surface area (Å²) in [6.45, 7) is 14.2. The van der Waals surface area contributed by atoms with Gasteiger partial charge in [0.15, 0.2) is 0 Å². The maximum absolute atomic E-state index is 14.7. The first-order valence-electron chi connectivity index (χ1n) is 14.6. The third kappa shape index (κ3) is 5.13. The fourth-order valence-corrected chi connectivity index (χ4v) is 9.62.